The molecule has 5 heteroatoms. The molecule has 0 fully saturated rings. The Morgan fingerprint density at radius 3 is 3.00 bits per heavy atom. The van der Waals surface area contributed by atoms with E-state index in [0.717, 1.165) is 36.7 Å². The molecule has 2 aromatic rings. The maximum Gasteiger partial charge on any atom is 0.161 e. The molecule has 112 valence electrons. The highest BCUT2D eigenvalue weighted by Crippen LogP contribution is 2.31. The van der Waals surface area contributed by atoms with E-state index in [1.165, 1.54) is 0 Å². The summed E-state index contributed by atoms with van der Waals surface area (Å²) in [5.74, 6) is 2.60. The third-order valence-electron chi connectivity index (χ3n) is 3.60. The monoisotopic (exact) mass is 287 g/mol. The molecule has 2 heterocycles. The fourth-order valence-electron chi connectivity index (χ4n) is 2.52. The number of ether oxygens (including phenoxy) is 2. The van der Waals surface area contributed by atoms with Gasteiger partial charge in [0.1, 0.15) is 18.5 Å². The predicted molar refractivity (Wildman–Crippen MR) is 80.7 cm³/mol. The van der Waals surface area contributed by atoms with E-state index in [0.29, 0.717) is 6.61 Å². The number of rotatable bonds is 6. The Bertz CT molecular complexity index is 556. The van der Waals surface area contributed by atoms with Crippen LogP contribution in [0.4, 0.5) is 0 Å². The summed E-state index contributed by atoms with van der Waals surface area (Å²) in [6.07, 6.45) is 5.48. The Morgan fingerprint density at radius 2 is 2.24 bits per heavy atom. The van der Waals surface area contributed by atoms with Gasteiger partial charge >= 0.3 is 0 Å². The third kappa shape index (κ3) is 3.36. The van der Waals surface area contributed by atoms with Crippen LogP contribution in [0.3, 0.4) is 0 Å². The number of fused-ring (bicyclic) bond motifs is 1. The summed E-state index contributed by atoms with van der Waals surface area (Å²) in [5, 5.41) is 3.54. The summed E-state index contributed by atoms with van der Waals surface area (Å²) < 4.78 is 11.9. The van der Waals surface area contributed by atoms with Crippen molar-refractivity contribution >= 4 is 0 Å². The lowest BCUT2D eigenvalue weighted by molar-refractivity contribution is 0.0615. The van der Waals surface area contributed by atoms with E-state index in [4.69, 9.17) is 9.47 Å². The van der Waals surface area contributed by atoms with E-state index in [2.05, 4.69) is 22.2 Å². The number of nitrogens with one attached hydrogen (secondary N) is 2. The number of aromatic amines is 1. The van der Waals surface area contributed by atoms with Crippen LogP contribution in [-0.2, 0) is 6.42 Å². The minimum absolute atomic E-state index is 0.0171. The molecule has 0 bridgehead atoms. The number of para-hydroxylation sites is 2. The van der Waals surface area contributed by atoms with Crippen LogP contribution in [0.5, 0.6) is 11.5 Å². The van der Waals surface area contributed by atoms with Crippen LogP contribution in [0, 0.1) is 0 Å². The molecule has 1 aliphatic heterocycles. The summed E-state index contributed by atoms with van der Waals surface area (Å²) in [4.78, 5) is 7.47. The lowest BCUT2D eigenvalue weighted by Gasteiger charge is -2.32. The second-order valence-corrected chi connectivity index (χ2v) is 5.21. The summed E-state index contributed by atoms with van der Waals surface area (Å²) >= 11 is 0. The number of benzene rings is 1. The lowest BCUT2D eigenvalue weighted by atomic mass is 10.1. The maximum absolute atomic E-state index is 6.11. The first-order chi connectivity index (χ1) is 10.4. The van der Waals surface area contributed by atoms with Crippen LogP contribution in [0.15, 0.2) is 36.7 Å². The topological polar surface area (TPSA) is 59.2 Å². The quantitative estimate of drug-likeness (QED) is 0.855. The van der Waals surface area contributed by atoms with Gasteiger partial charge in [0.15, 0.2) is 11.5 Å². The first-order valence-corrected chi connectivity index (χ1v) is 7.47. The third-order valence-corrected chi connectivity index (χ3v) is 3.60. The van der Waals surface area contributed by atoms with Gasteiger partial charge in [-0.15, -0.1) is 0 Å². The second kappa shape index (κ2) is 6.63. The van der Waals surface area contributed by atoms with Crippen molar-refractivity contribution in [2.75, 3.05) is 13.2 Å². The van der Waals surface area contributed by atoms with Gasteiger partial charge in [-0.3, -0.25) is 0 Å². The molecule has 5 nitrogen and oxygen atoms in total. The normalized spacial score (nSPS) is 18.4. The Balaban J connectivity index is 1.71. The molecule has 2 unspecified atom stereocenters. The Labute approximate surface area is 124 Å². The smallest absolute Gasteiger partial charge is 0.161 e. The maximum atomic E-state index is 6.11. The predicted octanol–water partition coefficient (Wildman–Crippen LogP) is 2.16. The van der Waals surface area contributed by atoms with Gasteiger partial charge in [0.05, 0.1) is 6.04 Å². The van der Waals surface area contributed by atoms with Gasteiger partial charge in [-0.05, 0) is 25.1 Å². The van der Waals surface area contributed by atoms with Crippen molar-refractivity contribution in [2.24, 2.45) is 0 Å². The molecule has 2 N–H and O–H groups in total. The Morgan fingerprint density at radius 1 is 1.38 bits per heavy atom. The summed E-state index contributed by atoms with van der Waals surface area (Å²) in [5.41, 5.74) is 0. The summed E-state index contributed by atoms with van der Waals surface area (Å²) in [6, 6.07) is 7.98. The molecule has 0 saturated heterocycles. The molecule has 3 rings (SSSR count). The van der Waals surface area contributed by atoms with Crippen molar-refractivity contribution in [3.8, 4) is 11.5 Å². The van der Waals surface area contributed by atoms with E-state index in [-0.39, 0.29) is 12.1 Å². The van der Waals surface area contributed by atoms with Crippen LogP contribution in [-0.4, -0.2) is 35.3 Å². The first-order valence-electron chi connectivity index (χ1n) is 7.47. The van der Waals surface area contributed by atoms with Crippen LogP contribution in [0.2, 0.25) is 0 Å². The van der Waals surface area contributed by atoms with E-state index < -0.39 is 0 Å². The van der Waals surface area contributed by atoms with E-state index >= 15 is 0 Å². The Kier molecular flexibility index (Phi) is 4.40. The molecule has 0 amide bonds. The number of aromatic nitrogens is 2. The van der Waals surface area contributed by atoms with Gasteiger partial charge in [-0.2, -0.15) is 0 Å². The second-order valence-electron chi connectivity index (χ2n) is 5.21. The Hall–Kier alpha value is -2.01. The SMILES string of the molecule is CCCNC(Cc1ncc[nH]1)C1COc2ccccc2O1. The molecule has 0 radical (unpaired) electrons. The fraction of sp³-hybridized carbons (Fsp3) is 0.438. The molecule has 2 atom stereocenters. The highest BCUT2D eigenvalue weighted by molar-refractivity contribution is 5.40. The minimum Gasteiger partial charge on any atom is -0.486 e. The zero-order valence-corrected chi connectivity index (χ0v) is 12.2. The molecule has 1 aromatic heterocycles. The van der Waals surface area contributed by atoms with Crippen molar-refractivity contribution in [3.63, 3.8) is 0 Å². The standard InChI is InChI=1S/C16H21N3O2/c1-2-7-17-12(10-16-18-8-9-19-16)15-11-20-13-5-3-4-6-14(13)21-15/h3-6,8-9,12,15,17H,2,7,10-11H2,1H3,(H,18,19). The highest BCUT2D eigenvalue weighted by atomic mass is 16.6. The molecule has 1 aliphatic rings. The number of hydrogen-bond acceptors (Lipinski definition) is 4. The molecule has 0 spiro atoms. The van der Waals surface area contributed by atoms with Crippen molar-refractivity contribution in [3.05, 3.63) is 42.5 Å². The molecular weight excluding hydrogens is 266 g/mol. The molecule has 0 aliphatic carbocycles. The van der Waals surface area contributed by atoms with Crippen molar-refractivity contribution in [1.29, 1.82) is 0 Å². The van der Waals surface area contributed by atoms with Gasteiger partial charge < -0.3 is 19.8 Å². The van der Waals surface area contributed by atoms with Crippen molar-refractivity contribution < 1.29 is 9.47 Å². The zero-order valence-electron chi connectivity index (χ0n) is 12.2. The van der Waals surface area contributed by atoms with Crippen molar-refractivity contribution in [1.82, 2.24) is 15.3 Å². The largest absolute Gasteiger partial charge is 0.486 e. The minimum atomic E-state index is -0.0171. The first kappa shape index (κ1) is 13.9. The van der Waals surface area contributed by atoms with Gasteiger partial charge in [0, 0.05) is 18.8 Å². The molecule has 1 aromatic carbocycles. The zero-order chi connectivity index (χ0) is 14.5. The molecule has 0 saturated carbocycles. The average Bonchev–Trinajstić information content (AvgIpc) is 3.04. The van der Waals surface area contributed by atoms with Crippen LogP contribution in [0.1, 0.15) is 19.2 Å². The van der Waals surface area contributed by atoms with Gasteiger partial charge in [-0.1, -0.05) is 19.1 Å². The van der Waals surface area contributed by atoms with Crippen LogP contribution >= 0.6 is 0 Å². The van der Waals surface area contributed by atoms with Gasteiger partial charge in [0.2, 0.25) is 0 Å². The summed E-state index contributed by atoms with van der Waals surface area (Å²) in [6.45, 7) is 3.66. The lowest BCUT2D eigenvalue weighted by Crippen LogP contribution is -2.49. The number of hydrogen-bond donors (Lipinski definition) is 2. The van der Waals surface area contributed by atoms with E-state index in [1.54, 1.807) is 6.20 Å². The van der Waals surface area contributed by atoms with Crippen LogP contribution < -0.4 is 14.8 Å². The number of imidazole rings is 1. The number of H-pyrrole nitrogens is 1. The van der Waals surface area contributed by atoms with Crippen molar-refractivity contribution in [2.45, 2.75) is 31.9 Å². The van der Waals surface area contributed by atoms with Gasteiger partial charge in [-0.25, -0.2) is 4.98 Å². The van der Waals surface area contributed by atoms with E-state index in [9.17, 15) is 0 Å². The van der Waals surface area contributed by atoms with Gasteiger partial charge in [0.25, 0.3) is 0 Å². The molecular formula is C16H21N3O2. The number of nitrogens with zero attached hydrogens (tertiary/aromatic N) is 1. The molecule has 21 heavy (non-hydrogen) atoms. The fourth-order valence-corrected chi connectivity index (χ4v) is 2.52. The average molecular weight is 287 g/mol. The summed E-state index contributed by atoms with van der Waals surface area (Å²) in [7, 11) is 0. The highest BCUT2D eigenvalue weighted by Gasteiger charge is 2.29. The van der Waals surface area contributed by atoms with E-state index in [1.807, 2.05) is 30.5 Å². The van der Waals surface area contributed by atoms with Crippen LogP contribution in [0.25, 0.3) is 0 Å².